The van der Waals surface area contributed by atoms with Crippen LogP contribution in [0.1, 0.15) is 102 Å². The van der Waals surface area contributed by atoms with Crippen LogP contribution in [0.15, 0.2) is 60.7 Å². The normalized spacial score (nSPS) is 12.0. The van der Waals surface area contributed by atoms with E-state index in [1.54, 1.807) is 0 Å². The lowest BCUT2D eigenvalue weighted by molar-refractivity contribution is -0.143. The van der Waals surface area contributed by atoms with Gasteiger partial charge in [0.25, 0.3) is 0 Å². The molecule has 0 aliphatic rings. The fourth-order valence-electron chi connectivity index (χ4n) is 4.66. The van der Waals surface area contributed by atoms with E-state index in [1.807, 2.05) is 48.5 Å². The van der Waals surface area contributed by atoms with Crippen LogP contribution >= 0.6 is 0 Å². The summed E-state index contributed by atoms with van der Waals surface area (Å²) in [6.45, 7) is 2.79. The second-order valence-electron chi connectivity index (χ2n) is 11.0. The van der Waals surface area contributed by atoms with Crippen molar-refractivity contribution in [1.82, 2.24) is 0 Å². The third-order valence-electron chi connectivity index (χ3n) is 7.19. The number of esters is 1. The number of ether oxygens (including phenoxy) is 2. The van der Waals surface area contributed by atoms with E-state index in [1.165, 1.54) is 19.3 Å². The number of hydrogen-bond donors (Lipinski definition) is 2. The molecular formula is C35H52N2O4. The molecule has 0 aliphatic heterocycles. The standard InChI is InChI=1S/C35H52N2O4/c1-2-3-4-11-14-34(41-28-33(38)27-30-19-23-32(37)24-20-30)15-12-9-7-5-6-8-10-13-16-35(39)40-26-25-29-17-21-31(36)22-18-29/h9,12,17-24,34H,2-8,10-11,13-16,25-28,36-37H2,1H3/b12-9-/t34-/m1/s1. The molecule has 0 radical (unpaired) electrons. The zero-order valence-corrected chi connectivity index (χ0v) is 25.2. The number of ketones is 1. The number of hydrogen-bond acceptors (Lipinski definition) is 6. The highest BCUT2D eigenvalue weighted by Crippen LogP contribution is 2.15. The number of nitrogen functional groups attached to an aromatic ring is 2. The maximum absolute atomic E-state index is 12.4. The minimum absolute atomic E-state index is 0.0877. The first-order valence-electron chi connectivity index (χ1n) is 15.6. The van der Waals surface area contributed by atoms with Crippen molar-refractivity contribution in [2.24, 2.45) is 0 Å². The molecule has 0 saturated heterocycles. The van der Waals surface area contributed by atoms with E-state index in [4.69, 9.17) is 20.9 Å². The van der Waals surface area contributed by atoms with Crippen LogP contribution in [0.4, 0.5) is 11.4 Å². The van der Waals surface area contributed by atoms with Gasteiger partial charge in [0.1, 0.15) is 6.61 Å². The molecular weight excluding hydrogens is 512 g/mol. The van der Waals surface area contributed by atoms with Crippen molar-refractivity contribution >= 4 is 23.1 Å². The predicted octanol–water partition coefficient (Wildman–Crippen LogP) is 7.78. The van der Waals surface area contributed by atoms with Crippen LogP contribution in [0.25, 0.3) is 0 Å². The molecule has 0 amide bonds. The fourth-order valence-corrected chi connectivity index (χ4v) is 4.66. The molecule has 0 bridgehead atoms. The first-order chi connectivity index (χ1) is 20.0. The molecule has 2 aromatic rings. The maximum Gasteiger partial charge on any atom is 0.305 e. The molecule has 226 valence electrons. The van der Waals surface area contributed by atoms with Crippen molar-refractivity contribution in [3.63, 3.8) is 0 Å². The number of anilines is 2. The largest absolute Gasteiger partial charge is 0.465 e. The van der Waals surface area contributed by atoms with E-state index in [0.717, 1.165) is 74.6 Å². The van der Waals surface area contributed by atoms with Crippen LogP contribution in [0.3, 0.4) is 0 Å². The van der Waals surface area contributed by atoms with Gasteiger partial charge >= 0.3 is 5.97 Å². The van der Waals surface area contributed by atoms with E-state index in [-0.39, 0.29) is 24.5 Å². The van der Waals surface area contributed by atoms with Crippen molar-refractivity contribution in [1.29, 1.82) is 0 Å². The first kappa shape index (κ1) is 34.1. The van der Waals surface area contributed by atoms with Crippen LogP contribution < -0.4 is 11.5 Å². The summed E-state index contributed by atoms with van der Waals surface area (Å²) in [5.74, 6) is -0.00877. The van der Waals surface area contributed by atoms with Crippen LogP contribution in [0.5, 0.6) is 0 Å². The van der Waals surface area contributed by atoms with Gasteiger partial charge in [-0.25, -0.2) is 0 Å². The number of carbonyl (C=O) groups is 2. The number of unbranched alkanes of at least 4 members (excludes halogenated alkanes) is 8. The van der Waals surface area contributed by atoms with Gasteiger partial charge in [-0.3, -0.25) is 9.59 Å². The lowest BCUT2D eigenvalue weighted by Crippen LogP contribution is -2.19. The third kappa shape index (κ3) is 17.3. The average Bonchev–Trinajstić information content (AvgIpc) is 2.96. The highest BCUT2D eigenvalue weighted by Gasteiger charge is 2.11. The van der Waals surface area contributed by atoms with Gasteiger partial charge in [-0.1, -0.05) is 88.3 Å². The van der Waals surface area contributed by atoms with Crippen LogP contribution in [0, 0.1) is 0 Å². The van der Waals surface area contributed by atoms with Gasteiger partial charge in [-0.15, -0.1) is 0 Å². The molecule has 0 heterocycles. The van der Waals surface area contributed by atoms with E-state index < -0.39 is 0 Å². The van der Waals surface area contributed by atoms with Crippen molar-refractivity contribution in [3.8, 4) is 0 Å². The number of benzene rings is 2. The second kappa shape index (κ2) is 21.6. The summed E-state index contributed by atoms with van der Waals surface area (Å²) in [5, 5.41) is 0. The minimum Gasteiger partial charge on any atom is -0.465 e. The Morgan fingerprint density at radius 3 is 2.12 bits per heavy atom. The highest BCUT2D eigenvalue weighted by atomic mass is 16.5. The zero-order valence-electron chi connectivity index (χ0n) is 25.2. The Bertz CT molecular complexity index is 1000. The van der Waals surface area contributed by atoms with E-state index >= 15 is 0 Å². The topological polar surface area (TPSA) is 105 Å². The molecule has 0 aliphatic carbocycles. The van der Waals surface area contributed by atoms with Gasteiger partial charge in [0.15, 0.2) is 5.78 Å². The van der Waals surface area contributed by atoms with Gasteiger partial charge in [0.2, 0.25) is 0 Å². The van der Waals surface area contributed by atoms with Gasteiger partial charge < -0.3 is 20.9 Å². The quantitative estimate of drug-likeness (QED) is 0.0618. The van der Waals surface area contributed by atoms with Gasteiger partial charge in [-0.2, -0.15) is 0 Å². The van der Waals surface area contributed by atoms with Crippen molar-refractivity contribution < 1.29 is 19.1 Å². The van der Waals surface area contributed by atoms with Crippen LogP contribution in [0.2, 0.25) is 0 Å². The number of nitrogens with two attached hydrogens (primary N) is 2. The lowest BCUT2D eigenvalue weighted by atomic mass is 10.1. The predicted molar refractivity (Wildman–Crippen MR) is 170 cm³/mol. The summed E-state index contributed by atoms with van der Waals surface area (Å²) in [4.78, 5) is 24.4. The average molecular weight is 565 g/mol. The van der Waals surface area contributed by atoms with E-state index in [9.17, 15) is 9.59 Å². The molecule has 1 atom stereocenters. The van der Waals surface area contributed by atoms with Gasteiger partial charge in [-0.05, 0) is 67.5 Å². The number of rotatable bonds is 23. The molecule has 0 spiro atoms. The van der Waals surface area contributed by atoms with Gasteiger partial charge in [0.05, 0.1) is 12.7 Å². The summed E-state index contributed by atoms with van der Waals surface area (Å²) in [6.07, 6.45) is 19.2. The molecule has 6 nitrogen and oxygen atoms in total. The zero-order chi connectivity index (χ0) is 29.5. The lowest BCUT2D eigenvalue weighted by Gasteiger charge is -2.16. The maximum atomic E-state index is 12.4. The monoisotopic (exact) mass is 564 g/mol. The van der Waals surface area contributed by atoms with E-state index in [2.05, 4.69) is 19.1 Å². The molecule has 6 heteroatoms. The summed E-state index contributed by atoms with van der Waals surface area (Å²) in [7, 11) is 0. The Morgan fingerprint density at radius 1 is 0.780 bits per heavy atom. The Morgan fingerprint density at radius 2 is 1.41 bits per heavy atom. The minimum atomic E-state index is -0.109. The Kier molecular flexibility index (Phi) is 18.0. The molecule has 0 saturated carbocycles. The molecule has 0 aromatic heterocycles. The van der Waals surface area contributed by atoms with Gasteiger partial charge in [0, 0.05) is 30.6 Å². The van der Waals surface area contributed by atoms with Crippen molar-refractivity contribution in [3.05, 3.63) is 71.8 Å². The molecule has 41 heavy (non-hydrogen) atoms. The van der Waals surface area contributed by atoms with Crippen molar-refractivity contribution in [2.45, 2.75) is 109 Å². The first-order valence-corrected chi connectivity index (χ1v) is 15.6. The number of Topliss-reactive ketones (excluding diaryl/α,β-unsaturated/α-hetero) is 1. The Hall–Kier alpha value is -3.12. The summed E-state index contributed by atoms with van der Waals surface area (Å²) >= 11 is 0. The molecule has 4 N–H and O–H groups in total. The highest BCUT2D eigenvalue weighted by molar-refractivity contribution is 5.82. The molecule has 0 fully saturated rings. The Labute approximate surface area is 247 Å². The number of carbonyl (C=O) groups excluding carboxylic acids is 2. The smallest absolute Gasteiger partial charge is 0.305 e. The third-order valence-corrected chi connectivity index (χ3v) is 7.19. The summed E-state index contributed by atoms with van der Waals surface area (Å²) in [6, 6.07) is 15.1. The van der Waals surface area contributed by atoms with Crippen molar-refractivity contribution in [2.75, 3.05) is 24.7 Å². The van der Waals surface area contributed by atoms with Crippen LogP contribution in [-0.4, -0.2) is 31.1 Å². The summed E-state index contributed by atoms with van der Waals surface area (Å²) < 4.78 is 11.4. The summed E-state index contributed by atoms with van der Waals surface area (Å²) in [5.41, 5.74) is 15.0. The second-order valence-corrected chi connectivity index (χ2v) is 11.0. The molecule has 2 aromatic carbocycles. The number of allylic oxidation sites excluding steroid dienone is 1. The van der Waals surface area contributed by atoms with Crippen LogP contribution in [-0.2, 0) is 31.9 Å². The molecule has 0 unspecified atom stereocenters. The SMILES string of the molecule is CCCCCC[C@H](C/C=C\CCCCCCCC(=O)OCCc1ccc(N)cc1)OCC(=O)Cc1ccc(N)cc1. The molecule has 2 rings (SSSR count). The van der Waals surface area contributed by atoms with E-state index in [0.29, 0.717) is 31.6 Å². The fraction of sp³-hybridized carbons (Fsp3) is 0.543. The Balaban J connectivity index is 1.53.